The number of nitrogens with one attached hydrogen (secondary N) is 2. The summed E-state index contributed by atoms with van der Waals surface area (Å²) in [5.74, 6) is -1.75. The second-order valence-electron chi connectivity index (χ2n) is 11.8. The van der Waals surface area contributed by atoms with Crippen LogP contribution in [0.2, 0.25) is 0 Å². The molecule has 1 aliphatic carbocycles. The van der Waals surface area contributed by atoms with E-state index in [0.717, 1.165) is 38.2 Å². The van der Waals surface area contributed by atoms with Gasteiger partial charge in [0.15, 0.2) is 0 Å². The minimum atomic E-state index is -2.49. The number of nitrogens with two attached hydrogens (primary N) is 1. The molecule has 0 spiro atoms. The van der Waals surface area contributed by atoms with Gasteiger partial charge in [-0.25, -0.2) is 8.78 Å². The molecule has 1 aromatic rings. The van der Waals surface area contributed by atoms with E-state index >= 15 is 0 Å². The average Bonchev–Trinajstić information content (AvgIpc) is 3.43. The molecule has 4 aliphatic rings. The van der Waals surface area contributed by atoms with Gasteiger partial charge in [-0.2, -0.15) is 0 Å². The lowest BCUT2D eigenvalue weighted by molar-refractivity contribution is -0.135. The molecule has 3 heterocycles. The highest BCUT2D eigenvalue weighted by Crippen LogP contribution is 2.37. The summed E-state index contributed by atoms with van der Waals surface area (Å²) in [4.78, 5) is 37.2. The first-order valence-electron chi connectivity index (χ1n) is 16.4. The molecule has 1 aromatic carbocycles. The fourth-order valence-corrected chi connectivity index (χ4v) is 6.22. The average molecular weight is 640 g/mol. The van der Waals surface area contributed by atoms with E-state index in [9.17, 15) is 23.2 Å². The smallest absolute Gasteiger partial charge is 0.248 e. The number of aryl methyl sites for hydroxylation is 1. The number of hydrogen-bond donors (Lipinski definition) is 3. The first-order valence-corrected chi connectivity index (χ1v) is 16.4. The second-order valence-corrected chi connectivity index (χ2v) is 11.8. The van der Waals surface area contributed by atoms with Gasteiger partial charge in [0, 0.05) is 51.2 Å². The van der Waals surface area contributed by atoms with Crippen LogP contribution in [0.4, 0.5) is 8.78 Å². The second kappa shape index (κ2) is 19.6. The van der Waals surface area contributed by atoms with E-state index in [4.69, 9.17) is 15.2 Å². The molecule has 0 radical (unpaired) electrons. The lowest BCUT2D eigenvalue weighted by atomic mass is 9.82. The number of benzene rings is 1. The number of halogens is 2. The predicted molar refractivity (Wildman–Crippen MR) is 171 cm³/mol. The van der Waals surface area contributed by atoms with Gasteiger partial charge in [0.25, 0.3) is 0 Å². The van der Waals surface area contributed by atoms with Crippen molar-refractivity contribution < 1.29 is 32.6 Å². The van der Waals surface area contributed by atoms with Gasteiger partial charge in [-0.15, -0.1) is 0 Å². The molecule has 0 aromatic heterocycles. The zero-order valence-electron chi connectivity index (χ0n) is 27.7. The molecule has 1 saturated carbocycles. The van der Waals surface area contributed by atoms with E-state index < -0.39 is 17.9 Å². The summed E-state index contributed by atoms with van der Waals surface area (Å²) in [5.41, 5.74) is 6.67. The van der Waals surface area contributed by atoms with Crippen LogP contribution in [-0.4, -0.2) is 105 Å². The van der Waals surface area contributed by atoms with Crippen LogP contribution in [0, 0.1) is 5.92 Å². The lowest BCUT2D eigenvalue weighted by Crippen LogP contribution is -2.59. The van der Waals surface area contributed by atoms with Crippen LogP contribution in [-0.2, 0) is 25.5 Å². The Balaban J connectivity index is 0.000000235. The number of para-hydroxylation sites is 1. The van der Waals surface area contributed by atoms with Crippen LogP contribution < -0.4 is 21.1 Å². The molecule has 4 unspecified atom stereocenters. The van der Waals surface area contributed by atoms with Crippen molar-refractivity contribution in [2.45, 2.75) is 103 Å². The number of likely N-dealkylation sites (N-methyl/N-ethyl adjacent to an activating group) is 1. The van der Waals surface area contributed by atoms with Crippen LogP contribution in [0.3, 0.4) is 0 Å². The normalized spacial score (nSPS) is 24.3. The van der Waals surface area contributed by atoms with Crippen LogP contribution in [0.15, 0.2) is 24.3 Å². The molecule has 45 heavy (non-hydrogen) atoms. The predicted octanol–water partition coefficient (Wildman–Crippen LogP) is 3.37. The summed E-state index contributed by atoms with van der Waals surface area (Å²) in [5, 5.41) is 5.59. The van der Waals surface area contributed by atoms with Crippen molar-refractivity contribution in [3.05, 3.63) is 29.8 Å². The van der Waals surface area contributed by atoms with Crippen LogP contribution in [0.1, 0.15) is 71.8 Å². The number of amides is 3. The third kappa shape index (κ3) is 12.5. The third-order valence-electron chi connectivity index (χ3n) is 8.60. The Morgan fingerprint density at radius 2 is 1.87 bits per heavy atom. The SMILES string of the molecule is CC.CCOC1CC2CN(C=O)C(C(N)=O)CN2C1.CNCC(=O)NC(C)C1CCC(F)(F)CC1.c1ccc2c(c1)CCCO2. The van der Waals surface area contributed by atoms with E-state index in [2.05, 4.69) is 27.7 Å². The van der Waals surface area contributed by atoms with Gasteiger partial charge >= 0.3 is 0 Å². The Labute approximate surface area is 267 Å². The molecule has 3 amide bonds. The summed E-state index contributed by atoms with van der Waals surface area (Å²) >= 11 is 0. The number of fused-ring (bicyclic) bond motifs is 2. The van der Waals surface area contributed by atoms with Gasteiger partial charge in [-0.1, -0.05) is 32.0 Å². The maximum atomic E-state index is 12.9. The van der Waals surface area contributed by atoms with Gasteiger partial charge < -0.3 is 30.7 Å². The van der Waals surface area contributed by atoms with Crippen molar-refractivity contribution in [1.29, 1.82) is 0 Å². The van der Waals surface area contributed by atoms with Gasteiger partial charge in [0.2, 0.25) is 24.1 Å². The molecule has 12 heteroatoms. The molecule has 3 fully saturated rings. The van der Waals surface area contributed by atoms with Gasteiger partial charge in [0.1, 0.15) is 11.8 Å². The standard InChI is InChI=1S/C11H20F2N2O.C11H19N3O3.C9H10O.C2H6/c1-8(15-10(16)7-14-2)9-3-5-11(12,13)6-4-9;1-2-17-9-3-8-4-14(7-15)10(11(12)16)6-13(8)5-9;1-2-6-9-8(4-1)5-3-7-10-9;1-2/h8-9,14H,3-7H2,1-2H3,(H,15,16);7-10H,2-6H2,1H3,(H2,12,16);1-2,4,6H,3,5,7H2;1-2H3. The molecule has 4 N–H and O–H groups in total. The largest absolute Gasteiger partial charge is 0.493 e. The summed E-state index contributed by atoms with van der Waals surface area (Å²) < 4.78 is 36.9. The molecule has 4 atom stereocenters. The highest BCUT2D eigenvalue weighted by atomic mass is 19.3. The Kier molecular flexibility index (Phi) is 16.7. The number of rotatable bonds is 8. The van der Waals surface area contributed by atoms with Crippen molar-refractivity contribution in [3.8, 4) is 5.75 Å². The monoisotopic (exact) mass is 639 g/mol. The van der Waals surface area contributed by atoms with Gasteiger partial charge in [-0.3, -0.25) is 19.3 Å². The highest BCUT2D eigenvalue weighted by molar-refractivity contribution is 5.82. The van der Waals surface area contributed by atoms with Crippen LogP contribution in [0.25, 0.3) is 0 Å². The maximum absolute atomic E-state index is 12.9. The molecule has 3 aliphatic heterocycles. The number of piperazine rings is 1. The minimum Gasteiger partial charge on any atom is -0.493 e. The van der Waals surface area contributed by atoms with E-state index in [1.807, 2.05) is 39.8 Å². The number of carbonyl (C=O) groups excluding carboxylic acids is 3. The molecule has 256 valence electrons. The quantitative estimate of drug-likeness (QED) is 0.373. The number of alkyl halides is 2. The Morgan fingerprint density at radius 3 is 2.47 bits per heavy atom. The zero-order chi connectivity index (χ0) is 33.4. The van der Waals surface area contributed by atoms with Crippen molar-refractivity contribution in [1.82, 2.24) is 20.4 Å². The number of ether oxygens (including phenoxy) is 2. The molecule has 10 nitrogen and oxygen atoms in total. The van der Waals surface area contributed by atoms with E-state index in [0.29, 0.717) is 38.6 Å². The fraction of sp³-hybridized carbons (Fsp3) is 0.727. The van der Waals surface area contributed by atoms with E-state index in [-0.39, 0.29) is 43.4 Å². The number of primary amides is 1. The van der Waals surface area contributed by atoms with Crippen molar-refractivity contribution in [2.75, 3.05) is 46.4 Å². The Hall–Kier alpha value is -2.83. The maximum Gasteiger partial charge on any atom is 0.248 e. The molecule has 0 bridgehead atoms. The van der Waals surface area contributed by atoms with E-state index in [1.165, 1.54) is 16.9 Å². The molecular weight excluding hydrogens is 584 g/mol. The minimum absolute atomic E-state index is 0.0167. The van der Waals surface area contributed by atoms with E-state index in [1.54, 1.807) is 7.05 Å². The summed E-state index contributed by atoms with van der Waals surface area (Å²) in [6.45, 7) is 11.6. The molecular formula is C33H55F2N5O5. The first-order chi connectivity index (χ1) is 21.6. The number of carbonyl (C=O) groups is 3. The van der Waals surface area contributed by atoms with Crippen LogP contribution >= 0.6 is 0 Å². The molecule has 2 saturated heterocycles. The lowest BCUT2D eigenvalue weighted by Gasteiger charge is -2.39. The van der Waals surface area contributed by atoms with Gasteiger partial charge in [0.05, 0.1) is 19.3 Å². The highest BCUT2D eigenvalue weighted by Gasteiger charge is 2.42. The van der Waals surface area contributed by atoms with Crippen molar-refractivity contribution in [3.63, 3.8) is 0 Å². The Bertz CT molecular complexity index is 1010. The van der Waals surface area contributed by atoms with Crippen molar-refractivity contribution >= 4 is 18.2 Å². The topological polar surface area (TPSA) is 126 Å². The van der Waals surface area contributed by atoms with Gasteiger partial charge in [-0.05, 0) is 70.5 Å². The first kappa shape index (κ1) is 38.4. The third-order valence-corrected chi connectivity index (χ3v) is 8.60. The van der Waals surface area contributed by atoms with Crippen LogP contribution in [0.5, 0.6) is 5.75 Å². The number of nitrogens with zero attached hydrogens (tertiary/aromatic N) is 2. The Morgan fingerprint density at radius 1 is 1.18 bits per heavy atom. The summed E-state index contributed by atoms with van der Waals surface area (Å²) in [7, 11) is 1.70. The fourth-order valence-electron chi connectivity index (χ4n) is 6.22. The van der Waals surface area contributed by atoms with Crippen molar-refractivity contribution in [2.24, 2.45) is 11.7 Å². The number of hydrogen-bond acceptors (Lipinski definition) is 7. The summed E-state index contributed by atoms with van der Waals surface area (Å²) in [6, 6.07) is 8.04. The summed E-state index contributed by atoms with van der Waals surface area (Å²) in [6.07, 6.45) is 5.08. The molecule has 5 rings (SSSR count). The zero-order valence-corrected chi connectivity index (χ0v) is 27.7.